The maximum atomic E-state index is 5.67. The molecule has 94 valence electrons. The average Bonchev–Trinajstić information content (AvgIpc) is 2.91. The first-order chi connectivity index (χ1) is 8.86. The molecular formula is C14H16N2O2. The minimum absolute atomic E-state index is 0.247. The van der Waals surface area contributed by atoms with E-state index in [0.29, 0.717) is 0 Å². The molecule has 0 aliphatic carbocycles. The third kappa shape index (κ3) is 2.01. The maximum Gasteiger partial charge on any atom is 0.124 e. The van der Waals surface area contributed by atoms with Crippen LogP contribution >= 0.6 is 0 Å². The molecule has 18 heavy (non-hydrogen) atoms. The van der Waals surface area contributed by atoms with Crippen LogP contribution in [0.1, 0.15) is 18.0 Å². The fraction of sp³-hybridized carbons (Fsp3) is 0.286. The first kappa shape index (κ1) is 11.0. The van der Waals surface area contributed by atoms with Crippen LogP contribution in [0.4, 0.5) is 0 Å². The van der Waals surface area contributed by atoms with Crippen molar-refractivity contribution in [3.8, 4) is 11.5 Å². The van der Waals surface area contributed by atoms with Gasteiger partial charge in [-0.1, -0.05) is 0 Å². The summed E-state index contributed by atoms with van der Waals surface area (Å²) < 4.78 is 12.9. The van der Waals surface area contributed by atoms with Crippen molar-refractivity contribution in [3.05, 3.63) is 48.3 Å². The third-order valence-electron chi connectivity index (χ3n) is 3.17. The predicted octanol–water partition coefficient (Wildman–Crippen LogP) is 2.56. The summed E-state index contributed by atoms with van der Waals surface area (Å²) in [5.41, 5.74) is 4.60. The number of hydrogen-bond acceptors (Lipinski definition) is 3. The van der Waals surface area contributed by atoms with Gasteiger partial charge >= 0.3 is 0 Å². The molecule has 4 heteroatoms. The van der Waals surface area contributed by atoms with Crippen LogP contribution in [0.5, 0.6) is 11.5 Å². The van der Waals surface area contributed by atoms with Crippen LogP contribution in [0.25, 0.3) is 0 Å². The number of nitrogens with one attached hydrogen (secondary N) is 1. The third-order valence-corrected chi connectivity index (χ3v) is 3.17. The van der Waals surface area contributed by atoms with Gasteiger partial charge in [0.25, 0.3) is 0 Å². The number of rotatable bonds is 3. The van der Waals surface area contributed by atoms with E-state index in [-0.39, 0.29) is 6.04 Å². The smallest absolute Gasteiger partial charge is 0.124 e. The van der Waals surface area contributed by atoms with Crippen LogP contribution in [-0.4, -0.2) is 18.4 Å². The normalized spacial score (nSPS) is 17.7. The maximum absolute atomic E-state index is 5.67. The van der Waals surface area contributed by atoms with Gasteiger partial charge in [0.2, 0.25) is 0 Å². The number of fused-ring (bicyclic) bond motifs is 1. The molecule has 1 atom stereocenters. The van der Waals surface area contributed by atoms with Crippen molar-refractivity contribution < 1.29 is 9.47 Å². The Labute approximate surface area is 106 Å². The summed E-state index contributed by atoms with van der Waals surface area (Å²) >= 11 is 0. The average molecular weight is 244 g/mol. The monoisotopic (exact) mass is 244 g/mol. The van der Waals surface area contributed by atoms with Gasteiger partial charge in [-0.05, 0) is 30.3 Å². The molecule has 2 heterocycles. The molecule has 0 bridgehead atoms. The topological polar surface area (TPSA) is 35.4 Å². The Kier molecular flexibility index (Phi) is 2.84. The highest BCUT2D eigenvalue weighted by molar-refractivity contribution is 5.44. The molecule has 1 aliphatic heterocycles. The molecule has 0 saturated heterocycles. The van der Waals surface area contributed by atoms with Crippen LogP contribution in [0.15, 0.2) is 42.7 Å². The Balaban J connectivity index is 1.90. The number of methoxy groups -OCH3 is 1. The molecule has 3 rings (SSSR count). The Morgan fingerprint density at radius 3 is 2.94 bits per heavy atom. The second-order valence-corrected chi connectivity index (χ2v) is 4.31. The van der Waals surface area contributed by atoms with Crippen molar-refractivity contribution in [2.45, 2.75) is 12.5 Å². The van der Waals surface area contributed by atoms with E-state index in [1.807, 2.05) is 47.4 Å². The predicted molar refractivity (Wildman–Crippen MR) is 69.6 cm³/mol. The molecular weight excluding hydrogens is 228 g/mol. The van der Waals surface area contributed by atoms with Gasteiger partial charge in [0, 0.05) is 24.4 Å². The second-order valence-electron chi connectivity index (χ2n) is 4.31. The Hall–Kier alpha value is -2.10. The van der Waals surface area contributed by atoms with E-state index >= 15 is 0 Å². The van der Waals surface area contributed by atoms with Gasteiger partial charge in [-0.15, -0.1) is 0 Å². The van der Waals surface area contributed by atoms with E-state index in [0.717, 1.165) is 30.1 Å². The highest BCUT2D eigenvalue weighted by Gasteiger charge is 2.22. The first-order valence-corrected chi connectivity index (χ1v) is 6.07. The van der Waals surface area contributed by atoms with Gasteiger partial charge < -0.3 is 14.9 Å². The van der Waals surface area contributed by atoms with Crippen molar-refractivity contribution >= 4 is 0 Å². The van der Waals surface area contributed by atoms with Crippen molar-refractivity contribution in [2.75, 3.05) is 19.1 Å². The summed E-state index contributed by atoms with van der Waals surface area (Å²) in [5.74, 6) is 1.80. The van der Waals surface area contributed by atoms with Crippen LogP contribution in [0.2, 0.25) is 0 Å². The molecule has 1 unspecified atom stereocenters. The lowest BCUT2D eigenvalue weighted by Gasteiger charge is -2.28. The molecule has 0 spiro atoms. The number of aromatic nitrogens is 1. The standard InChI is InChI=1S/C14H16N2O2/c1-17-11-4-5-14-12(10-11)13(6-9-18-14)15-16-7-2-3-8-16/h2-5,7-8,10,13,15H,6,9H2,1H3. The molecule has 0 saturated carbocycles. The number of hydrogen-bond donors (Lipinski definition) is 1. The summed E-state index contributed by atoms with van der Waals surface area (Å²) in [6.07, 6.45) is 4.93. The fourth-order valence-corrected chi connectivity index (χ4v) is 2.23. The first-order valence-electron chi connectivity index (χ1n) is 6.07. The molecule has 1 aromatic heterocycles. The molecule has 0 amide bonds. The summed E-state index contributed by atoms with van der Waals surface area (Å²) in [4.78, 5) is 0. The lowest BCUT2D eigenvalue weighted by molar-refractivity contribution is 0.269. The van der Waals surface area contributed by atoms with Crippen LogP contribution in [0.3, 0.4) is 0 Å². The van der Waals surface area contributed by atoms with Crippen molar-refractivity contribution in [3.63, 3.8) is 0 Å². The Morgan fingerprint density at radius 1 is 1.33 bits per heavy atom. The number of ether oxygens (including phenoxy) is 2. The lowest BCUT2D eigenvalue weighted by Crippen LogP contribution is -2.25. The zero-order valence-corrected chi connectivity index (χ0v) is 10.3. The van der Waals surface area contributed by atoms with E-state index < -0.39 is 0 Å². The van der Waals surface area contributed by atoms with Gasteiger partial charge in [0.05, 0.1) is 19.8 Å². The largest absolute Gasteiger partial charge is 0.497 e. The van der Waals surface area contributed by atoms with E-state index in [9.17, 15) is 0 Å². The summed E-state index contributed by atoms with van der Waals surface area (Å²) in [6, 6.07) is 10.2. The van der Waals surface area contributed by atoms with E-state index in [4.69, 9.17) is 9.47 Å². The van der Waals surface area contributed by atoms with Gasteiger partial charge in [-0.2, -0.15) is 0 Å². The zero-order valence-electron chi connectivity index (χ0n) is 10.3. The van der Waals surface area contributed by atoms with Crippen LogP contribution in [-0.2, 0) is 0 Å². The minimum Gasteiger partial charge on any atom is -0.497 e. The van der Waals surface area contributed by atoms with E-state index in [1.54, 1.807) is 7.11 Å². The van der Waals surface area contributed by atoms with Crippen LogP contribution < -0.4 is 14.9 Å². The lowest BCUT2D eigenvalue weighted by atomic mass is 10.0. The molecule has 1 N–H and O–H groups in total. The summed E-state index contributed by atoms with van der Waals surface area (Å²) in [6.45, 7) is 0.734. The second kappa shape index (κ2) is 4.64. The summed E-state index contributed by atoms with van der Waals surface area (Å²) in [5, 5.41) is 0. The van der Waals surface area contributed by atoms with Crippen molar-refractivity contribution in [2.24, 2.45) is 0 Å². The molecule has 2 aromatic rings. The summed E-state index contributed by atoms with van der Waals surface area (Å²) in [7, 11) is 1.68. The molecule has 1 aromatic carbocycles. The minimum atomic E-state index is 0.247. The van der Waals surface area contributed by atoms with E-state index in [1.165, 1.54) is 0 Å². The molecule has 4 nitrogen and oxygen atoms in total. The fourth-order valence-electron chi connectivity index (χ4n) is 2.23. The Morgan fingerprint density at radius 2 is 2.17 bits per heavy atom. The Bertz CT molecular complexity index is 523. The van der Waals surface area contributed by atoms with Gasteiger partial charge in [0.15, 0.2) is 0 Å². The quantitative estimate of drug-likeness (QED) is 0.901. The molecule has 1 aliphatic rings. The van der Waals surface area contributed by atoms with E-state index in [2.05, 4.69) is 5.43 Å². The van der Waals surface area contributed by atoms with Gasteiger partial charge in [0.1, 0.15) is 11.5 Å². The van der Waals surface area contributed by atoms with Crippen molar-refractivity contribution in [1.82, 2.24) is 4.68 Å². The molecule has 0 fully saturated rings. The number of benzene rings is 1. The highest BCUT2D eigenvalue weighted by Crippen LogP contribution is 2.35. The molecule has 0 radical (unpaired) electrons. The van der Waals surface area contributed by atoms with Gasteiger partial charge in [-0.25, -0.2) is 0 Å². The number of nitrogens with zero attached hydrogens (tertiary/aromatic N) is 1. The van der Waals surface area contributed by atoms with Crippen molar-refractivity contribution in [1.29, 1.82) is 0 Å². The van der Waals surface area contributed by atoms with Crippen LogP contribution in [0, 0.1) is 0 Å². The SMILES string of the molecule is COc1ccc2c(c1)C(Nn1cccc1)CCO2. The zero-order chi connectivity index (χ0) is 12.4. The van der Waals surface area contributed by atoms with Gasteiger partial charge in [-0.3, -0.25) is 4.68 Å². The highest BCUT2D eigenvalue weighted by atomic mass is 16.5.